The predicted molar refractivity (Wildman–Crippen MR) is 73.5 cm³/mol. The van der Waals surface area contributed by atoms with Crippen LogP contribution in [0.15, 0.2) is 54.3 Å². The average Bonchev–Trinajstić information content (AvgIpc) is 2.71. The van der Waals surface area contributed by atoms with E-state index < -0.39 is 11.3 Å². The van der Waals surface area contributed by atoms with Crippen molar-refractivity contribution in [2.24, 2.45) is 11.3 Å². The highest BCUT2D eigenvalue weighted by Gasteiger charge is 2.53. The second-order valence-electron chi connectivity index (χ2n) is 5.11. The molecule has 0 saturated carbocycles. The highest BCUT2D eigenvalue weighted by atomic mass is 16.5. The van der Waals surface area contributed by atoms with Gasteiger partial charge >= 0.3 is 0 Å². The van der Waals surface area contributed by atoms with Gasteiger partial charge in [-0.3, -0.25) is 14.9 Å². The molecule has 4 heteroatoms. The molecule has 20 heavy (non-hydrogen) atoms. The van der Waals surface area contributed by atoms with Crippen LogP contribution in [0, 0.1) is 11.3 Å². The molecule has 1 aliphatic carbocycles. The number of rotatable bonds is 3. The zero-order valence-electron chi connectivity index (χ0n) is 11.1. The Labute approximate surface area is 117 Å². The fourth-order valence-electron chi connectivity index (χ4n) is 2.85. The average molecular weight is 269 g/mol. The van der Waals surface area contributed by atoms with Crippen LogP contribution in [0.1, 0.15) is 5.56 Å². The van der Waals surface area contributed by atoms with Crippen molar-refractivity contribution in [3.63, 3.8) is 0 Å². The van der Waals surface area contributed by atoms with Crippen molar-refractivity contribution in [2.45, 2.75) is 6.42 Å². The van der Waals surface area contributed by atoms with Crippen LogP contribution >= 0.6 is 0 Å². The number of benzene rings is 1. The Bertz CT molecular complexity index is 618. The van der Waals surface area contributed by atoms with E-state index in [4.69, 9.17) is 4.74 Å². The normalized spacial score (nSPS) is 27.9. The van der Waals surface area contributed by atoms with E-state index >= 15 is 0 Å². The van der Waals surface area contributed by atoms with Gasteiger partial charge < -0.3 is 4.74 Å². The number of ether oxygens (including phenoxy) is 1. The van der Waals surface area contributed by atoms with Gasteiger partial charge in [0.1, 0.15) is 5.76 Å². The van der Waals surface area contributed by atoms with E-state index in [1.165, 1.54) is 0 Å². The van der Waals surface area contributed by atoms with E-state index in [0.29, 0.717) is 12.2 Å². The van der Waals surface area contributed by atoms with Crippen LogP contribution in [0.5, 0.6) is 0 Å². The van der Waals surface area contributed by atoms with E-state index in [1.807, 2.05) is 30.3 Å². The Morgan fingerprint density at radius 2 is 2.00 bits per heavy atom. The molecule has 1 saturated heterocycles. The second kappa shape index (κ2) is 4.63. The third kappa shape index (κ3) is 1.84. The van der Waals surface area contributed by atoms with Gasteiger partial charge in [-0.05, 0) is 24.1 Å². The number of nitrogens with one attached hydrogen (secondary N) is 1. The highest BCUT2D eigenvalue weighted by molar-refractivity contribution is 6.09. The molecule has 1 fully saturated rings. The first-order valence-electron chi connectivity index (χ1n) is 6.50. The number of amides is 2. The molecule has 0 aromatic heterocycles. The predicted octanol–water partition coefficient (Wildman–Crippen LogP) is 1.59. The number of carbonyl (C=O) groups excluding carboxylic acids is 2. The maximum Gasteiger partial charge on any atom is 0.238 e. The van der Waals surface area contributed by atoms with Crippen molar-refractivity contribution in [1.82, 2.24) is 5.32 Å². The van der Waals surface area contributed by atoms with E-state index in [2.05, 4.69) is 5.32 Å². The molecule has 0 radical (unpaired) electrons. The molecule has 1 aromatic carbocycles. The summed E-state index contributed by atoms with van der Waals surface area (Å²) >= 11 is 0. The Kier molecular flexibility index (Phi) is 2.93. The van der Waals surface area contributed by atoms with E-state index in [0.717, 1.165) is 5.56 Å². The van der Waals surface area contributed by atoms with Crippen molar-refractivity contribution in [1.29, 1.82) is 0 Å². The summed E-state index contributed by atoms with van der Waals surface area (Å²) in [7, 11) is 1.55. The summed E-state index contributed by atoms with van der Waals surface area (Å²) in [6.07, 6.45) is 5.78. The van der Waals surface area contributed by atoms with Crippen molar-refractivity contribution >= 4 is 11.8 Å². The lowest BCUT2D eigenvalue weighted by atomic mass is 9.70. The minimum absolute atomic E-state index is 0.237. The van der Waals surface area contributed by atoms with Crippen molar-refractivity contribution in [3.05, 3.63) is 59.9 Å². The molecule has 2 aliphatic rings. The van der Waals surface area contributed by atoms with E-state index in [1.54, 1.807) is 25.3 Å². The van der Waals surface area contributed by atoms with Crippen molar-refractivity contribution < 1.29 is 14.3 Å². The molecular weight excluding hydrogens is 254 g/mol. The first kappa shape index (κ1) is 12.7. The van der Waals surface area contributed by atoms with E-state index in [9.17, 15) is 9.59 Å². The molecule has 1 aromatic rings. The molecule has 102 valence electrons. The van der Waals surface area contributed by atoms with Crippen LogP contribution in [0.4, 0.5) is 0 Å². The number of hydrogen-bond donors (Lipinski definition) is 1. The summed E-state index contributed by atoms with van der Waals surface area (Å²) < 4.78 is 5.16. The smallest absolute Gasteiger partial charge is 0.238 e. The lowest BCUT2D eigenvalue weighted by Crippen LogP contribution is -2.36. The molecule has 2 unspecified atom stereocenters. The lowest BCUT2D eigenvalue weighted by Gasteiger charge is -2.29. The Morgan fingerprint density at radius 3 is 2.70 bits per heavy atom. The fraction of sp³-hybridized carbons (Fsp3) is 0.250. The molecule has 0 spiro atoms. The van der Waals surface area contributed by atoms with Crippen molar-refractivity contribution in [3.8, 4) is 0 Å². The topological polar surface area (TPSA) is 55.4 Å². The monoisotopic (exact) mass is 269 g/mol. The fourth-order valence-corrected chi connectivity index (χ4v) is 2.85. The van der Waals surface area contributed by atoms with Crippen LogP contribution in [-0.2, 0) is 20.7 Å². The number of imide groups is 1. The summed E-state index contributed by atoms with van der Waals surface area (Å²) in [5.74, 6) is -0.387. The quantitative estimate of drug-likeness (QED) is 0.848. The van der Waals surface area contributed by atoms with Crippen molar-refractivity contribution in [2.75, 3.05) is 7.11 Å². The third-order valence-electron chi connectivity index (χ3n) is 3.95. The Hall–Kier alpha value is -2.36. The van der Waals surface area contributed by atoms with Gasteiger partial charge in [0.2, 0.25) is 11.8 Å². The largest absolute Gasteiger partial charge is 0.497 e. The van der Waals surface area contributed by atoms with Gasteiger partial charge in [-0.25, -0.2) is 0 Å². The molecule has 3 rings (SSSR count). The summed E-state index contributed by atoms with van der Waals surface area (Å²) in [5, 5.41) is 2.44. The van der Waals surface area contributed by atoms with Gasteiger partial charge in [-0.2, -0.15) is 0 Å². The standard InChI is InChI=1S/C16H15NO3/c1-20-12-7-8-16(10-11-5-3-2-4-6-11)13(9-12)14(18)17-15(16)19/h2-9,13H,10H2,1H3,(H,17,18,19). The number of carbonyl (C=O) groups is 2. The van der Waals surface area contributed by atoms with Crippen LogP contribution in [0.2, 0.25) is 0 Å². The zero-order chi connectivity index (χ0) is 14.2. The molecule has 1 aliphatic heterocycles. The molecule has 0 bridgehead atoms. The van der Waals surface area contributed by atoms with Gasteiger partial charge in [-0.15, -0.1) is 0 Å². The molecule has 2 atom stereocenters. The minimum atomic E-state index is -0.833. The summed E-state index contributed by atoms with van der Waals surface area (Å²) in [4.78, 5) is 24.3. The second-order valence-corrected chi connectivity index (χ2v) is 5.11. The maximum absolute atomic E-state index is 12.3. The molecule has 1 N–H and O–H groups in total. The van der Waals surface area contributed by atoms with Gasteiger partial charge in [0.05, 0.1) is 18.4 Å². The summed E-state index contributed by atoms with van der Waals surface area (Å²) in [6, 6.07) is 9.71. The van der Waals surface area contributed by atoms with Crippen LogP contribution in [-0.4, -0.2) is 18.9 Å². The molecule has 4 nitrogen and oxygen atoms in total. The number of allylic oxidation sites excluding steroid dienone is 1. The van der Waals surface area contributed by atoms with Gasteiger partial charge in [0, 0.05) is 0 Å². The highest BCUT2D eigenvalue weighted by Crippen LogP contribution is 2.42. The Balaban J connectivity index is 2.01. The Morgan fingerprint density at radius 1 is 1.25 bits per heavy atom. The maximum atomic E-state index is 12.3. The SMILES string of the molecule is COC1=CC2C(=O)NC(=O)C2(Cc2ccccc2)C=C1. The van der Waals surface area contributed by atoms with E-state index in [-0.39, 0.29) is 11.8 Å². The number of fused-ring (bicyclic) bond motifs is 1. The minimum Gasteiger partial charge on any atom is -0.497 e. The zero-order valence-corrected chi connectivity index (χ0v) is 11.1. The van der Waals surface area contributed by atoms with Gasteiger partial charge in [0.25, 0.3) is 0 Å². The van der Waals surface area contributed by atoms with Crippen LogP contribution in [0.25, 0.3) is 0 Å². The summed E-state index contributed by atoms with van der Waals surface area (Å²) in [6.45, 7) is 0. The number of methoxy groups -OCH3 is 1. The third-order valence-corrected chi connectivity index (χ3v) is 3.95. The van der Waals surface area contributed by atoms with Crippen LogP contribution < -0.4 is 5.32 Å². The lowest BCUT2D eigenvalue weighted by molar-refractivity contribution is -0.127. The van der Waals surface area contributed by atoms with Crippen LogP contribution in [0.3, 0.4) is 0 Å². The van der Waals surface area contributed by atoms with Gasteiger partial charge in [0.15, 0.2) is 0 Å². The number of hydrogen-bond acceptors (Lipinski definition) is 3. The van der Waals surface area contributed by atoms with Gasteiger partial charge in [-0.1, -0.05) is 36.4 Å². The first-order chi connectivity index (χ1) is 9.65. The molecule has 1 heterocycles. The summed E-state index contributed by atoms with van der Waals surface area (Å²) in [5.41, 5.74) is 0.196. The molecule has 2 amide bonds. The molecular formula is C16H15NO3. The first-order valence-corrected chi connectivity index (χ1v) is 6.50.